The Hall–Kier alpha value is -2.08. The Labute approximate surface area is 149 Å². The van der Waals surface area contributed by atoms with Crippen molar-refractivity contribution in [1.29, 1.82) is 0 Å². The normalized spacial score (nSPS) is 18.6. The van der Waals surface area contributed by atoms with Crippen LogP contribution in [0.25, 0.3) is 0 Å². The van der Waals surface area contributed by atoms with Crippen molar-refractivity contribution < 1.29 is 14.3 Å². The highest BCUT2D eigenvalue weighted by Crippen LogP contribution is 2.22. The number of methoxy groups -OCH3 is 1. The highest BCUT2D eigenvalue weighted by atomic mass is 16.5. The number of piperidine rings is 1. The summed E-state index contributed by atoms with van der Waals surface area (Å²) in [5.74, 6) is 0.0695. The molecule has 0 radical (unpaired) electrons. The summed E-state index contributed by atoms with van der Waals surface area (Å²) in [7, 11) is 1.60. The van der Waals surface area contributed by atoms with E-state index in [0.29, 0.717) is 17.9 Å². The molecule has 1 aliphatic heterocycles. The summed E-state index contributed by atoms with van der Waals surface area (Å²) < 4.78 is 5.00. The molecule has 0 spiro atoms. The van der Waals surface area contributed by atoms with E-state index in [1.165, 1.54) is 6.42 Å². The molecule has 2 N–H and O–H groups in total. The van der Waals surface area contributed by atoms with E-state index in [9.17, 15) is 9.59 Å². The van der Waals surface area contributed by atoms with Crippen molar-refractivity contribution in [3.05, 3.63) is 29.3 Å². The number of amides is 3. The SMILES string of the molecule is COC[C@@H](C)NC(=O)Nc1ccc(C(=O)N2CCCC[C@@H]2C)cc1C. The lowest BCUT2D eigenvalue weighted by Crippen LogP contribution is -2.42. The summed E-state index contributed by atoms with van der Waals surface area (Å²) in [6.07, 6.45) is 3.31. The van der Waals surface area contributed by atoms with Crippen molar-refractivity contribution >= 4 is 17.6 Å². The lowest BCUT2D eigenvalue weighted by atomic mass is 10.0. The number of nitrogens with zero attached hydrogens (tertiary/aromatic N) is 1. The number of aryl methyl sites for hydroxylation is 1. The van der Waals surface area contributed by atoms with E-state index in [1.807, 2.05) is 24.8 Å². The molecule has 0 saturated carbocycles. The number of carbonyl (C=O) groups excluding carboxylic acids is 2. The zero-order valence-electron chi connectivity index (χ0n) is 15.6. The Morgan fingerprint density at radius 3 is 2.76 bits per heavy atom. The third kappa shape index (κ3) is 5.19. The Balaban J connectivity index is 2.02. The summed E-state index contributed by atoms with van der Waals surface area (Å²) in [6, 6.07) is 5.34. The number of urea groups is 1. The van der Waals surface area contributed by atoms with Gasteiger partial charge in [-0.05, 0) is 63.8 Å². The van der Waals surface area contributed by atoms with Gasteiger partial charge in [0.15, 0.2) is 0 Å². The average molecular weight is 347 g/mol. The van der Waals surface area contributed by atoms with Gasteiger partial charge in [-0.1, -0.05) is 0 Å². The maximum Gasteiger partial charge on any atom is 0.319 e. The van der Waals surface area contributed by atoms with Gasteiger partial charge >= 0.3 is 6.03 Å². The van der Waals surface area contributed by atoms with Gasteiger partial charge in [-0.15, -0.1) is 0 Å². The van der Waals surface area contributed by atoms with Crippen molar-refractivity contribution in [2.24, 2.45) is 0 Å². The first-order valence-corrected chi connectivity index (χ1v) is 8.90. The van der Waals surface area contributed by atoms with Crippen molar-refractivity contribution in [2.45, 2.75) is 52.1 Å². The molecule has 3 amide bonds. The topological polar surface area (TPSA) is 70.7 Å². The van der Waals surface area contributed by atoms with E-state index < -0.39 is 0 Å². The minimum atomic E-state index is -0.281. The van der Waals surface area contributed by atoms with Gasteiger partial charge in [0.1, 0.15) is 0 Å². The molecule has 2 rings (SSSR count). The van der Waals surface area contributed by atoms with Crippen LogP contribution in [0.2, 0.25) is 0 Å². The number of anilines is 1. The molecule has 6 nitrogen and oxygen atoms in total. The van der Waals surface area contributed by atoms with Crippen LogP contribution in [0.15, 0.2) is 18.2 Å². The third-order valence-corrected chi connectivity index (χ3v) is 4.58. The maximum atomic E-state index is 12.7. The van der Waals surface area contributed by atoms with E-state index in [1.54, 1.807) is 19.2 Å². The van der Waals surface area contributed by atoms with E-state index in [-0.39, 0.29) is 24.0 Å². The summed E-state index contributed by atoms with van der Waals surface area (Å²) in [5.41, 5.74) is 2.24. The number of carbonyl (C=O) groups is 2. The molecule has 25 heavy (non-hydrogen) atoms. The van der Waals surface area contributed by atoms with Crippen molar-refractivity contribution in [2.75, 3.05) is 25.6 Å². The number of likely N-dealkylation sites (tertiary alicyclic amines) is 1. The summed E-state index contributed by atoms with van der Waals surface area (Å²) in [6.45, 7) is 7.14. The van der Waals surface area contributed by atoms with Gasteiger partial charge in [0, 0.05) is 30.9 Å². The molecular weight excluding hydrogens is 318 g/mol. The minimum Gasteiger partial charge on any atom is -0.383 e. The Bertz CT molecular complexity index is 618. The van der Waals surface area contributed by atoms with Crippen molar-refractivity contribution in [3.63, 3.8) is 0 Å². The van der Waals surface area contributed by atoms with Gasteiger partial charge < -0.3 is 20.3 Å². The second-order valence-corrected chi connectivity index (χ2v) is 6.83. The van der Waals surface area contributed by atoms with Gasteiger partial charge in [-0.25, -0.2) is 4.79 Å². The summed E-state index contributed by atoms with van der Waals surface area (Å²) in [5, 5.41) is 5.62. The van der Waals surface area contributed by atoms with Crippen LogP contribution in [0.3, 0.4) is 0 Å². The predicted molar refractivity (Wildman–Crippen MR) is 99.0 cm³/mol. The van der Waals surface area contributed by atoms with Crippen LogP contribution in [0.1, 0.15) is 49.0 Å². The van der Waals surface area contributed by atoms with Gasteiger partial charge in [0.05, 0.1) is 12.6 Å². The smallest absolute Gasteiger partial charge is 0.319 e. The van der Waals surface area contributed by atoms with Gasteiger partial charge in [-0.2, -0.15) is 0 Å². The predicted octanol–water partition coefficient (Wildman–Crippen LogP) is 3.17. The number of ether oxygens (including phenoxy) is 1. The van der Waals surface area contributed by atoms with Crippen LogP contribution in [0.4, 0.5) is 10.5 Å². The largest absolute Gasteiger partial charge is 0.383 e. The quantitative estimate of drug-likeness (QED) is 0.859. The second kappa shape index (κ2) is 8.85. The molecule has 1 heterocycles. The molecule has 0 aromatic heterocycles. The van der Waals surface area contributed by atoms with Crippen LogP contribution in [-0.4, -0.2) is 49.2 Å². The van der Waals surface area contributed by atoms with E-state index >= 15 is 0 Å². The van der Waals surface area contributed by atoms with Crippen LogP contribution < -0.4 is 10.6 Å². The standard InChI is InChI=1S/C19H29N3O3/c1-13-11-16(18(23)22-10-6-5-7-15(22)3)8-9-17(13)21-19(24)20-14(2)12-25-4/h8-9,11,14-15H,5-7,10,12H2,1-4H3,(H2,20,21,24)/t14-,15+/m1/s1. The maximum absolute atomic E-state index is 12.7. The molecule has 138 valence electrons. The summed E-state index contributed by atoms with van der Waals surface area (Å²) >= 11 is 0. The lowest BCUT2D eigenvalue weighted by Gasteiger charge is -2.33. The molecule has 0 bridgehead atoms. The van der Waals surface area contributed by atoms with Crippen LogP contribution in [-0.2, 0) is 4.74 Å². The number of nitrogens with one attached hydrogen (secondary N) is 2. The molecule has 1 fully saturated rings. The fraction of sp³-hybridized carbons (Fsp3) is 0.579. The molecule has 6 heteroatoms. The molecular formula is C19H29N3O3. The lowest BCUT2D eigenvalue weighted by molar-refractivity contribution is 0.0635. The number of hydrogen-bond acceptors (Lipinski definition) is 3. The highest BCUT2D eigenvalue weighted by molar-refractivity contribution is 5.96. The summed E-state index contributed by atoms with van der Waals surface area (Å²) in [4.78, 5) is 26.7. The Kier molecular flexibility index (Phi) is 6.82. The van der Waals surface area contributed by atoms with Crippen molar-refractivity contribution in [1.82, 2.24) is 10.2 Å². The van der Waals surface area contributed by atoms with Crippen LogP contribution >= 0.6 is 0 Å². The molecule has 0 unspecified atom stereocenters. The second-order valence-electron chi connectivity index (χ2n) is 6.83. The first-order valence-electron chi connectivity index (χ1n) is 8.90. The minimum absolute atomic E-state index is 0.0695. The van der Waals surface area contributed by atoms with Gasteiger partial charge in [-0.3, -0.25) is 4.79 Å². The molecule has 2 atom stereocenters. The highest BCUT2D eigenvalue weighted by Gasteiger charge is 2.24. The Morgan fingerprint density at radius 1 is 1.36 bits per heavy atom. The van der Waals surface area contributed by atoms with Crippen molar-refractivity contribution in [3.8, 4) is 0 Å². The molecule has 1 saturated heterocycles. The number of hydrogen-bond donors (Lipinski definition) is 2. The van der Waals surface area contributed by atoms with E-state index in [0.717, 1.165) is 24.9 Å². The average Bonchev–Trinajstić information content (AvgIpc) is 2.56. The van der Waals surface area contributed by atoms with Gasteiger partial charge in [0.2, 0.25) is 0 Å². The molecule has 1 aromatic carbocycles. The monoisotopic (exact) mass is 347 g/mol. The molecule has 1 aromatic rings. The molecule has 1 aliphatic rings. The van der Waals surface area contributed by atoms with Crippen LogP contribution in [0.5, 0.6) is 0 Å². The zero-order valence-corrected chi connectivity index (χ0v) is 15.6. The fourth-order valence-electron chi connectivity index (χ4n) is 3.18. The zero-order chi connectivity index (χ0) is 18.4. The fourth-order valence-corrected chi connectivity index (χ4v) is 3.18. The van der Waals surface area contributed by atoms with Crippen LogP contribution in [0, 0.1) is 6.92 Å². The van der Waals surface area contributed by atoms with E-state index in [4.69, 9.17) is 4.74 Å². The Morgan fingerprint density at radius 2 is 2.12 bits per heavy atom. The first-order chi connectivity index (χ1) is 11.9. The first kappa shape index (κ1) is 19.2. The third-order valence-electron chi connectivity index (χ3n) is 4.58. The number of benzene rings is 1. The van der Waals surface area contributed by atoms with Gasteiger partial charge in [0.25, 0.3) is 5.91 Å². The molecule has 0 aliphatic carbocycles. The number of rotatable bonds is 5. The van der Waals surface area contributed by atoms with E-state index in [2.05, 4.69) is 17.6 Å².